The molecular weight excluding hydrogens is 224 g/mol. The molecule has 2 nitrogen and oxygen atoms in total. The van der Waals surface area contributed by atoms with Gasteiger partial charge in [-0.1, -0.05) is 18.2 Å². The van der Waals surface area contributed by atoms with Gasteiger partial charge in [0.1, 0.15) is 0 Å². The fourth-order valence-corrected chi connectivity index (χ4v) is 3.11. The molecule has 0 fully saturated rings. The summed E-state index contributed by atoms with van der Waals surface area (Å²) in [7, 11) is 0. The van der Waals surface area contributed by atoms with Crippen LogP contribution in [-0.4, -0.2) is 10.9 Å². The lowest BCUT2D eigenvalue weighted by atomic mass is 9.82. The van der Waals surface area contributed by atoms with Gasteiger partial charge < -0.3 is 5.11 Å². The number of aliphatic hydroxyl groups excluding tert-OH is 1. The van der Waals surface area contributed by atoms with Gasteiger partial charge in [-0.05, 0) is 48.3 Å². The summed E-state index contributed by atoms with van der Waals surface area (Å²) in [6.07, 6.45) is 7.40. The van der Waals surface area contributed by atoms with Gasteiger partial charge in [0.15, 0.2) is 5.78 Å². The number of carbonyl (C=O) groups excluding carboxylic acids is 1. The maximum absolute atomic E-state index is 11.5. The molecule has 2 aliphatic rings. The number of carbonyl (C=O) groups is 1. The molecule has 0 radical (unpaired) electrons. The quantitative estimate of drug-likeness (QED) is 0.819. The molecule has 1 atom stereocenters. The molecule has 0 aromatic heterocycles. The highest BCUT2D eigenvalue weighted by molar-refractivity contribution is 5.91. The van der Waals surface area contributed by atoms with Gasteiger partial charge in [-0.25, -0.2) is 0 Å². The topological polar surface area (TPSA) is 37.3 Å². The fourth-order valence-electron chi connectivity index (χ4n) is 3.11. The first-order valence-electron chi connectivity index (χ1n) is 6.76. The van der Waals surface area contributed by atoms with E-state index in [2.05, 4.69) is 18.2 Å². The van der Waals surface area contributed by atoms with Crippen molar-refractivity contribution in [3.63, 3.8) is 0 Å². The van der Waals surface area contributed by atoms with E-state index in [0.29, 0.717) is 12.8 Å². The second-order valence-electron chi connectivity index (χ2n) is 5.44. The first-order chi connectivity index (χ1) is 8.72. The van der Waals surface area contributed by atoms with Crippen molar-refractivity contribution in [1.82, 2.24) is 0 Å². The SMILES string of the molecule is O=C1C=C(O)CC(c2ccc3c(c2)CCCC3)C1. The van der Waals surface area contributed by atoms with Crippen LogP contribution >= 0.6 is 0 Å². The van der Waals surface area contributed by atoms with Crippen molar-refractivity contribution in [1.29, 1.82) is 0 Å². The van der Waals surface area contributed by atoms with Crippen LogP contribution in [0.3, 0.4) is 0 Å². The first-order valence-corrected chi connectivity index (χ1v) is 6.76. The largest absolute Gasteiger partial charge is 0.512 e. The summed E-state index contributed by atoms with van der Waals surface area (Å²) in [6, 6.07) is 6.61. The highest BCUT2D eigenvalue weighted by Gasteiger charge is 2.22. The molecule has 2 heteroatoms. The molecule has 1 aromatic rings. The third kappa shape index (κ3) is 2.20. The maximum Gasteiger partial charge on any atom is 0.159 e. The Hall–Kier alpha value is -1.57. The number of aryl methyl sites for hydroxylation is 2. The van der Waals surface area contributed by atoms with Crippen molar-refractivity contribution in [3.8, 4) is 0 Å². The first kappa shape index (κ1) is 11.5. The second-order valence-corrected chi connectivity index (χ2v) is 5.44. The Labute approximate surface area is 107 Å². The summed E-state index contributed by atoms with van der Waals surface area (Å²) in [5, 5.41) is 9.59. The van der Waals surface area contributed by atoms with Gasteiger partial charge in [-0.15, -0.1) is 0 Å². The van der Waals surface area contributed by atoms with Crippen LogP contribution in [0.4, 0.5) is 0 Å². The van der Waals surface area contributed by atoms with Crippen molar-refractivity contribution in [2.24, 2.45) is 0 Å². The van der Waals surface area contributed by atoms with Gasteiger partial charge in [0.2, 0.25) is 0 Å². The Kier molecular flexibility index (Phi) is 2.94. The molecule has 0 aliphatic heterocycles. The van der Waals surface area contributed by atoms with Crippen molar-refractivity contribution < 1.29 is 9.90 Å². The van der Waals surface area contributed by atoms with Crippen LogP contribution in [0.25, 0.3) is 0 Å². The summed E-state index contributed by atoms with van der Waals surface area (Å²) >= 11 is 0. The highest BCUT2D eigenvalue weighted by atomic mass is 16.3. The normalized spacial score (nSPS) is 23.4. The third-order valence-electron chi connectivity index (χ3n) is 4.07. The average molecular weight is 242 g/mol. The molecule has 0 heterocycles. The number of aliphatic hydroxyl groups is 1. The molecule has 3 rings (SSSR count). The molecule has 0 amide bonds. The molecule has 0 bridgehead atoms. The van der Waals surface area contributed by atoms with Crippen LogP contribution in [0.2, 0.25) is 0 Å². The molecule has 0 spiro atoms. The molecule has 1 N–H and O–H groups in total. The van der Waals surface area contributed by atoms with Crippen molar-refractivity contribution in [3.05, 3.63) is 46.7 Å². The van der Waals surface area contributed by atoms with E-state index in [1.165, 1.54) is 42.0 Å². The van der Waals surface area contributed by atoms with E-state index in [1.807, 2.05) is 0 Å². The van der Waals surface area contributed by atoms with Gasteiger partial charge in [-0.3, -0.25) is 4.79 Å². The third-order valence-corrected chi connectivity index (χ3v) is 4.07. The van der Waals surface area contributed by atoms with Crippen molar-refractivity contribution in [2.75, 3.05) is 0 Å². The summed E-state index contributed by atoms with van der Waals surface area (Å²) in [6.45, 7) is 0. The van der Waals surface area contributed by atoms with Crippen molar-refractivity contribution >= 4 is 5.78 Å². The minimum Gasteiger partial charge on any atom is -0.512 e. The number of rotatable bonds is 1. The Morgan fingerprint density at radius 2 is 1.83 bits per heavy atom. The number of hydrogen-bond acceptors (Lipinski definition) is 2. The number of ketones is 1. The van der Waals surface area contributed by atoms with Crippen LogP contribution in [0, 0.1) is 0 Å². The lowest BCUT2D eigenvalue weighted by Gasteiger charge is -2.22. The van der Waals surface area contributed by atoms with E-state index in [0.717, 1.165) is 6.42 Å². The minimum atomic E-state index is 0.0430. The van der Waals surface area contributed by atoms with Gasteiger partial charge in [0.05, 0.1) is 5.76 Å². The van der Waals surface area contributed by atoms with E-state index in [9.17, 15) is 9.90 Å². The molecule has 1 aromatic carbocycles. The summed E-state index contributed by atoms with van der Waals surface area (Å²) in [5.74, 6) is 0.435. The number of hydrogen-bond donors (Lipinski definition) is 1. The van der Waals surface area contributed by atoms with Crippen LogP contribution in [0.1, 0.15) is 48.3 Å². The van der Waals surface area contributed by atoms with Gasteiger partial charge in [-0.2, -0.15) is 0 Å². The maximum atomic E-state index is 11.5. The summed E-state index contributed by atoms with van der Waals surface area (Å²) in [4.78, 5) is 11.5. The van der Waals surface area contributed by atoms with E-state index in [-0.39, 0.29) is 17.5 Å². The zero-order valence-corrected chi connectivity index (χ0v) is 10.5. The standard InChI is InChI=1S/C16H18O2/c17-15-8-14(9-16(18)10-15)13-6-5-11-3-1-2-4-12(11)7-13/h5-7,10,14,17H,1-4,8-9H2. The fraction of sp³-hybridized carbons (Fsp3) is 0.438. The van der Waals surface area contributed by atoms with Gasteiger partial charge >= 0.3 is 0 Å². The summed E-state index contributed by atoms with van der Waals surface area (Å²) < 4.78 is 0. The highest BCUT2D eigenvalue weighted by Crippen LogP contribution is 2.33. The zero-order valence-electron chi connectivity index (χ0n) is 10.5. The number of fused-ring (bicyclic) bond motifs is 1. The average Bonchev–Trinajstić information content (AvgIpc) is 2.37. The van der Waals surface area contributed by atoms with E-state index >= 15 is 0 Å². The van der Waals surface area contributed by atoms with E-state index in [4.69, 9.17) is 0 Å². The van der Waals surface area contributed by atoms with Crippen LogP contribution in [0.5, 0.6) is 0 Å². The monoisotopic (exact) mass is 242 g/mol. The number of allylic oxidation sites excluding steroid dienone is 2. The summed E-state index contributed by atoms with van der Waals surface area (Å²) in [5.41, 5.74) is 4.12. The Balaban J connectivity index is 1.89. The number of benzene rings is 1. The van der Waals surface area contributed by atoms with Crippen LogP contribution in [0.15, 0.2) is 30.0 Å². The Morgan fingerprint density at radius 3 is 2.61 bits per heavy atom. The second kappa shape index (κ2) is 4.60. The lowest BCUT2D eigenvalue weighted by Crippen LogP contribution is -2.13. The molecule has 0 saturated carbocycles. The molecule has 2 aliphatic carbocycles. The lowest BCUT2D eigenvalue weighted by molar-refractivity contribution is -0.115. The van der Waals surface area contributed by atoms with E-state index < -0.39 is 0 Å². The Bertz CT molecular complexity index is 514. The molecule has 0 saturated heterocycles. The minimum absolute atomic E-state index is 0.0430. The predicted octanol–water partition coefficient (Wildman–Crippen LogP) is 3.45. The molecular formula is C16H18O2. The smallest absolute Gasteiger partial charge is 0.159 e. The predicted molar refractivity (Wildman–Crippen MR) is 70.8 cm³/mol. The molecule has 1 unspecified atom stereocenters. The van der Waals surface area contributed by atoms with Gasteiger partial charge in [0.25, 0.3) is 0 Å². The van der Waals surface area contributed by atoms with E-state index in [1.54, 1.807) is 0 Å². The Morgan fingerprint density at radius 1 is 1.06 bits per heavy atom. The zero-order chi connectivity index (χ0) is 12.5. The van der Waals surface area contributed by atoms with Crippen LogP contribution in [-0.2, 0) is 17.6 Å². The molecule has 18 heavy (non-hydrogen) atoms. The van der Waals surface area contributed by atoms with Gasteiger partial charge in [0, 0.05) is 18.9 Å². The van der Waals surface area contributed by atoms with Crippen molar-refractivity contribution in [2.45, 2.75) is 44.4 Å². The molecule has 94 valence electrons. The van der Waals surface area contributed by atoms with Crippen LogP contribution < -0.4 is 0 Å².